The van der Waals surface area contributed by atoms with Crippen LogP contribution in [0.1, 0.15) is 39.2 Å². The molecule has 4 heteroatoms. The lowest BCUT2D eigenvalue weighted by molar-refractivity contribution is -0.158. The van der Waals surface area contributed by atoms with Gasteiger partial charge in [-0.05, 0) is 30.2 Å². The molecule has 21 heavy (non-hydrogen) atoms. The molecule has 1 fully saturated rings. The number of ether oxygens (including phenoxy) is 1. The summed E-state index contributed by atoms with van der Waals surface area (Å²) in [5.74, 6) is -0.526. The zero-order chi connectivity index (χ0) is 15.6. The highest BCUT2D eigenvalue weighted by molar-refractivity contribution is 5.73. The molecular formula is C17H24FNO2. The van der Waals surface area contributed by atoms with Crippen LogP contribution in [0.25, 0.3) is 0 Å². The van der Waals surface area contributed by atoms with Crippen LogP contribution in [0.15, 0.2) is 24.3 Å². The van der Waals surface area contributed by atoms with E-state index in [2.05, 4.69) is 20.8 Å². The van der Waals surface area contributed by atoms with E-state index in [0.717, 1.165) is 12.8 Å². The van der Waals surface area contributed by atoms with Crippen LogP contribution in [-0.4, -0.2) is 12.0 Å². The van der Waals surface area contributed by atoms with Gasteiger partial charge in [-0.25, -0.2) is 4.39 Å². The van der Waals surface area contributed by atoms with Crippen LogP contribution in [0.5, 0.6) is 0 Å². The van der Waals surface area contributed by atoms with Gasteiger partial charge in [0.05, 0.1) is 5.92 Å². The van der Waals surface area contributed by atoms with Crippen LogP contribution in [0.4, 0.5) is 4.39 Å². The first-order valence-corrected chi connectivity index (χ1v) is 7.49. The lowest BCUT2D eigenvalue weighted by Crippen LogP contribution is -2.49. The first-order chi connectivity index (χ1) is 9.84. The zero-order valence-corrected chi connectivity index (χ0v) is 12.9. The molecule has 3 nitrogen and oxygen atoms in total. The summed E-state index contributed by atoms with van der Waals surface area (Å²) >= 11 is 0. The minimum absolute atomic E-state index is 0.0154. The summed E-state index contributed by atoms with van der Waals surface area (Å²) in [5.41, 5.74) is 6.30. The molecule has 0 radical (unpaired) electrons. The normalized spacial score (nSPS) is 28.1. The predicted octanol–water partition coefficient (Wildman–Crippen LogP) is 3.27. The quantitative estimate of drug-likeness (QED) is 0.870. The van der Waals surface area contributed by atoms with Crippen molar-refractivity contribution in [3.05, 3.63) is 35.6 Å². The number of rotatable bonds is 3. The molecule has 2 N–H and O–H groups in total. The van der Waals surface area contributed by atoms with E-state index in [0.29, 0.717) is 5.56 Å². The first kappa shape index (κ1) is 16.0. The monoisotopic (exact) mass is 293 g/mol. The summed E-state index contributed by atoms with van der Waals surface area (Å²) in [6.07, 6.45) is 1.55. The summed E-state index contributed by atoms with van der Waals surface area (Å²) in [4.78, 5) is 12.4. The van der Waals surface area contributed by atoms with Crippen molar-refractivity contribution in [2.75, 3.05) is 0 Å². The van der Waals surface area contributed by atoms with E-state index in [4.69, 9.17) is 10.5 Å². The van der Waals surface area contributed by atoms with Crippen molar-refractivity contribution >= 4 is 5.97 Å². The number of benzene rings is 1. The molecule has 1 aromatic rings. The largest absolute Gasteiger partial charge is 0.460 e. The average molecular weight is 293 g/mol. The molecule has 1 aromatic carbocycles. The van der Waals surface area contributed by atoms with Crippen molar-refractivity contribution < 1.29 is 13.9 Å². The maximum atomic E-state index is 13.5. The zero-order valence-electron chi connectivity index (χ0n) is 12.9. The Balaban J connectivity index is 2.02. The predicted molar refractivity (Wildman–Crippen MR) is 79.8 cm³/mol. The molecule has 2 rings (SSSR count). The fourth-order valence-electron chi connectivity index (χ4n) is 3.14. The summed E-state index contributed by atoms with van der Waals surface area (Å²) in [7, 11) is 0. The molecule has 3 atom stereocenters. The fourth-order valence-corrected chi connectivity index (χ4v) is 3.14. The molecule has 0 aliphatic heterocycles. The number of esters is 1. The van der Waals surface area contributed by atoms with Crippen molar-refractivity contribution in [2.24, 2.45) is 23.0 Å². The molecule has 0 amide bonds. The van der Waals surface area contributed by atoms with Gasteiger partial charge in [-0.3, -0.25) is 4.79 Å². The second-order valence-electron chi connectivity index (χ2n) is 6.60. The Hall–Kier alpha value is -1.42. The Morgan fingerprint density at radius 3 is 2.71 bits per heavy atom. The number of nitrogens with two attached hydrogens (primary N) is 1. The van der Waals surface area contributed by atoms with Crippen LogP contribution in [0.3, 0.4) is 0 Å². The topological polar surface area (TPSA) is 52.3 Å². The van der Waals surface area contributed by atoms with Gasteiger partial charge in [0.25, 0.3) is 0 Å². The van der Waals surface area contributed by atoms with Gasteiger partial charge in [-0.1, -0.05) is 39.0 Å². The first-order valence-electron chi connectivity index (χ1n) is 7.49. The molecule has 0 aromatic heterocycles. The van der Waals surface area contributed by atoms with Gasteiger partial charge in [-0.2, -0.15) is 0 Å². The van der Waals surface area contributed by atoms with Gasteiger partial charge < -0.3 is 10.5 Å². The van der Waals surface area contributed by atoms with Gasteiger partial charge in [0, 0.05) is 11.6 Å². The van der Waals surface area contributed by atoms with E-state index >= 15 is 0 Å². The molecule has 0 spiro atoms. The second-order valence-corrected chi connectivity index (χ2v) is 6.60. The molecule has 1 saturated carbocycles. The Morgan fingerprint density at radius 1 is 1.38 bits per heavy atom. The Bertz CT molecular complexity index is 515. The van der Waals surface area contributed by atoms with E-state index in [9.17, 15) is 9.18 Å². The SMILES string of the molecule is CC1C(N)CCC(C(=O)OCc2ccccc2F)C1(C)C. The molecule has 0 bridgehead atoms. The third-order valence-electron chi connectivity index (χ3n) is 5.11. The minimum Gasteiger partial charge on any atom is -0.460 e. The second kappa shape index (κ2) is 6.14. The smallest absolute Gasteiger partial charge is 0.309 e. The summed E-state index contributed by atoms with van der Waals surface area (Å²) in [6.45, 7) is 6.19. The van der Waals surface area contributed by atoms with Crippen molar-refractivity contribution in [2.45, 2.75) is 46.3 Å². The number of hydrogen-bond acceptors (Lipinski definition) is 3. The van der Waals surface area contributed by atoms with E-state index < -0.39 is 0 Å². The van der Waals surface area contributed by atoms with Gasteiger partial charge >= 0.3 is 5.97 Å². The molecule has 1 aliphatic rings. The number of carbonyl (C=O) groups excluding carboxylic acids is 1. The van der Waals surface area contributed by atoms with E-state index in [-0.39, 0.29) is 41.7 Å². The van der Waals surface area contributed by atoms with Crippen LogP contribution >= 0.6 is 0 Å². The van der Waals surface area contributed by atoms with Gasteiger partial charge in [-0.15, -0.1) is 0 Å². The minimum atomic E-state index is -0.344. The fraction of sp³-hybridized carbons (Fsp3) is 0.588. The molecular weight excluding hydrogens is 269 g/mol. The summed E-state index contributed by atoms with van der Waals surface area (Å²) in [5, 5.41) is 0. The third kappa shape index (κ3) is 3.26. The highest BCUT2D eigenvalue weighted by atomic mass is 19.1. The van der Waals surface area contributed by atoms with E-state index in [1.807, 2.05) is 0 Å². The lowest BCUT2D eigenvalue weighted by atomic mass is 9.61. The van der Waals surface area contributed by atoms with Crippen LogP contribution in [0, 0.1) is 23.1 Å². The van der Waals surface area contributed by atoms with Gasteiger partial charge in [0.1, 0.15) is 12.4 Å². The number of hydrogen-bond donors (Lipinski definition) is 1. The van der Waals surface area contributed by atoms with Gasteiger partial charge in [0.2, 0.25) is 0 Å². The number of carbonyl (C=O) groups is 1. The van der Waals surface area contributed by atoms with Crippen LogP contribution in [-0.2, 0) is 16.1 Å². The van der Waals surface area contributed by atoms with Crippen molar-refractivity contribution in [3.8, 4) is 0 Å². The molecule has 1 aliphatic carbocycles. The van der Waals surface area contributed by atoms with Crippen molar-refractivity contribution in [3.63, 3.8) is 0 Å². The maximum Gasteiger partial charge on any atom is 0.309 e. The van der Waals surface area contributed by atoms with E-state index in [1.54, 1.807) is 18.2 Å². The third-order valence-corrected chi connectivity index (χ3v) is 5.11. The maximum absolute atomic E-state index is 13.5. The molecule has 116 valence electrons. The Kier molecular flexibility index (Phi) is 4.67. The van der Waals surface area contributed by atoms with E-state index in [1.165, 1.54) is 6.07 Å². The average Bonchev–Trinajstić information content (AvgIpc) is 2.44. The van der Waals surface area contributed by atoms with Crippen LogP contribution in [0.2, 0.25) is 0 Å². The Morgan fingerprint density at radius 2 is 2.05 bits per heavy atom. The highest BCUT2D eigenvalue weighted by Gasteiger charge is 2.45. The molecule has 3 unspecified atom stereocenters. The number of halogens is 1. The lowest BCUT2D eigenvalue weighted by Gasteiger charge is -2.45. The summed E-state index contributed by atoms with van der Waals surface area (Å²) < 4.78 is 18.9. The van der Waals surface area contributed by atoms with Crippen molar-refractivity contribution in [1.82, 2.24) is 0 Å². The Labute approximate surface area is 125 Å². The van der Waals surface area contributed by atoms with Crippen LogP contribution < -0.4 is 5.73 Å². The standard InChI is InChI=1S/C17H24FNO2/c1-11-15(19)9-8-13(17(11,2)3)16(20)21-10-12-6-4-5-7-14(12)18/h4-7,11,13,15H,8-10,19H2,1-3H3. The van der Waals surface area contributed by atoms with Gasteiger partial charge in [0.15, 0.2) is 0 Å². The highest BCUT2D eigenvalue weighted by Crippen LogP contribution is 2.44. The summed E-state index contributed by atoms with van der Waals surface area (Å²) in [6, 6.07) is 6.48. The molecule has 0 saturated heterocycles. The molecule has 0 heterocycles. The van der Waals surface area contributed by atoms with Crippen molar-refractivity contribution in [1.29, 1.82) is 0 Å².